The van der Waals surface area contributed by atoms with Gasteiger partial charge in [0, 0.05) is 32.1 Å². The predicted octanol–water partition coefficient (Wildman–Crippen LogP) is 2.75. The zero-order valence-corrected chi connectivity index (χ0v) is 16.2. The van der Waals surface area contributed by atoms with Crippen molar-refractivity contribution >= 4 is 15.9 Å². The van der Waals surface area contributed by atoms with E-state index in [0.717, 1.165) is 30.4 Å². The molecule has 3 rings (SSSR count). The van der Waals surface area contributed by atoms with Crippen molar-refractivity contribution in [3.05, 3.63) is 29.3 Å². The third-order valence-electron chi connectivity index (χ3n) is 5.50. The topological polar surface area (TPSA) is 57.7 Å². The van der Waals surface area contributed by atoms with Crippen molar-refractivity contribution in [3.8, 4) is 0 Å². The lowest BCUT2D eigenvalue weighted by atomic mass is 9.84. The molecular weight excluding hydrogens is 336 g/mol. The molecule has 0 radical (unpaired) electrons. The number of piperazine rings is 1. The van der Waals surface area contributed by atoms with Crippen LogP contribution in [0.15, 0.2) is 23.1 Å². The molecule has 0 N–H and O–H groups in total. The number of amides is 1. The highest BCUT2D eigenvalue weighted by Crippen LogP contribution is 2.29. The molecule has 2 fully saturated rings. The number of benzene rings is 1. The molecule has 1 amide bonds. The maximum Gasteiger partial charge on any atom is 0.243 e. The molecule has 1 aliphatic heterocycles. The lowest BCUT2D eigenvalue weighted by molar-refractivity contribution is -0.139. The molecule has 0 unspecified atom stereocenters. The molecule has 0 bridgehead atoms. The molecule has 1 aliphatic carbocycles. The SMILES string of the molecule is Cc1ccc(C(C)C)cc1S(=O)(=O)N1CCN(C(=O)C2CCC2)CC1. The third-order valence-corrected chi connectivity index (χ3v) is 7.54. The molecule has 0 spiro atoms. The first-order valence-corrected chi connectivity index (χ1v) is 10.6. The molecule has 0 atom stereocenters. The van der Waals surface area contributed by atoms with Gasteiger partial charge in [-0.3, -0.25) is 4.79 Å². The molecule has 1 aromatic rings. The third kappa shape index (κ3) is 3.60. The smallest absolute Gasteiger partial charge is 0.243 e. The summed E-state index contributed by atoms with van der Waals surface area (Å²) in [6.07, 6.45) is 3.10. The Labute approximate surface area is 151 Å². The average molecular weight is 365 g/mol. The van der Waals surface area contributed by atoms with Crippen molar-refractivity contribution in [2.45, 2.75) is 50.8 Å². The largest absolute Gasteiger partial charge is 0.340 e. The van der Waals surface area contributed by atoms with Crippen LogP contribution in [0, 0.1) is 12.8 Å². The summed E-state index contributed by atoms with van der Waals surface area (Å²) >= 11 is 0. The lowest BCUT2D eigenvalue weighted by Gasteiger charge is -2.37. The summed E-state index contributed by atoms with van der Waals surface area (Å²) in [5.74, 6) is 0.668. The molecule has 5 nitrogen and oxygen atoms in total. The lowest BCUT2D eigenvalue weighted by Crippen LogP contribution is -2.52. The van der Waals surface area contributed by atoms with E-state index in [-0.39, 0.29) is 17.7 Å². The van der Waals surface area contributed by atoms with Crippen LogP contribution in [-0.4, -0.2) is 49.7 Å². The number of hydrogen-bond acceptors (Lipinski definition) is 3. The quantitative estimate of drug-likeness (QED) is 0.825. The molecule has 1 aromatic carbocycles. The Kier molecular flexibility index (Phi) is 5.21. The van der Waals surface area contributed by atoms with Gasteiger partial charge in [0.1, 0.15) is 0 Å². The second-order valence-corrected chi connectivity index (χ2v) is 9.44. The van der Waals surface area contributed by atoms with E-state index in [1.165, 1.54) is 4.31 Å². The van der Waals surface area contributed by atoms with Gasteiger partial charge in [0.25, 0.3) is 0 Å². The number of carbonyl (C=O) groups excluding carboxylic acids is 1. The molecule has 6 heteroatoms. The molecule has 25 heavy (non-hydrogen) atoms. The number of hydrogen-bond donors (Lipinski definition) is 0. The number of sulfonamides is 1. The number of aryl methyl sites for hydroxylation is 1. The second-order valence-electron chi connectivity index (χ2n) is 7.54. The van der Waals surface area contributed by atoms with Crippen LogP contribution >= 0.6 is 0 Å². The fraction of sp³-hybridized carbons (Fsp3) is 0.632. The van der Waals surface area contributed by atoms with E-state index in [0.29, 0.717) is 31.1 Å². The zero-order chi connectivity index (χ0) is 18.2. The fourth-order valence-electron chi connectivity index (χ4n) is 3.46. The van der Waals surface area contributed by atoms with Gasteiger partial charge in [-0.1, -0.05) is 32.4 Å². The van der Waals surface area contributed by atoms with Crippen molar-refractivity contribution in [2.24, 2.45) is 5.92 Å². The van der Waals surface area contributed by atoms with Gasteiger partial charge in [-0.25, -0.2) is 8.42 Å². The Balaban J connectivity index is 1.73. The molecule has 2 aliphatic rings. The summed E-state index contributed by atoms with van der Waals surface area (Å²) in [5, 5.41) is 0. The first-order chi connectivity index (χ1) is 11.8. The highest BCUT2D eigenvalue weighted by Gasteiger charge is 2.34. The normalized spacial score (nSPS) is 19.9. The Morgan fingerprint density at radius 3 is 2.28 bits per heavy atom. The number of rotatable bonds is 4. The monoisotopic (exact) mass is 364 g/mol. The first kappa shape index (κ1) is 18.4. The van der Waals surface area contributed by atoms with Crippen LogP contribution in [0.4, 0.5) is 0 Å². The summed E-state index contributed by atoms with van der Waals surface area (Å²) in [7, 11) is -3.51. The molecule has 1 saturated heterocycles. The van der Waals surface area contributed by atoms with Crippen LogP contribution in [0.3, 0.4) is 0 Å². The van der Waals surface area contributed by atoms with Crippen LogP contribution in [0.25, 0.3) is 0 Å². The van der Waals surface area contributed by atoms with E-state index in [2.05, 4.69) is 13.8 Å². The zero-order valence-electron chi connectivity index (χ0n) is 15.4. The Morgan fingerprint density at radius 2 is 1.76 bits per heavy atom. The summed E-state index contributed by atoms with van der Waals surface area (Å²) in [4.78, 5) is 14.6. The Morgan fingerprint density at radius 1 is 1.12 bits per heavy atom. The van der Waals surface area contributed by atoms with Crippen molar-refractivity contribution in [3.63, 3.8) is 0 Å². The van der Waals surface area contributed by atoms with Gasteiger partial charge < -0.3 is 4.90 Å². The minimum Gasteiger partial charge on any atom is -0.340 e. The summed E-state index contributed by atoms with van der Waals surface area (Å²) in [6, 6.07) is 5.69. The van der Waals surface area contributed by atoms with E-state index in [9.17, 15) is 13.2 Å². The Bertz CT molecular complexity index is 746. The van der Waals surface area contributed by atoms with Crippen molar-refractivity contribution in [1.29, 1.82) is 0 Å². The van der Waals surface area contributed by atoms with Crippen LogP contribution in [-0.2, 0) is 14.8 Å². The van der Waals surface area contributed by atoms with Gasteiger partial charge in [0.15, 0.2) is 0 Å². The van der Waals surface area contributed by atoms with Gasteiger partial charge >= 0.3 is 0 Å². The minimum absolute atomic E-state index is 0.174. The summed E-state index contributed by atoms with van der Waals surface area (Å²) in [6.45, 7) is 7.72. The summed E-state index contributed by atoms with van der Waals surface area (Å²) in [5.41, 5.74) is 1.81. The summed E-state index contributed by atoms with van der Waals surface area (Å²) < 4.78 is 27.7. The first-order valence-electron chi connectivity index (χ1n) is 9.20. The highest BCUT2D eigenvalue weighted by atomic mass is 32.2. The Hall–Kier alpha value is -1.40. The van der Waals surface area contributed by atoms with Gasteiger partial charge in [-0.05, 0) is 42.9 Å². The van der Waals surface area contributed by atoms with Gasteiger partial charge in [-0.15, -0.1) is 0 Å². The van der Waals surface area contributed by atoms with Crippen LogP contribution in [0.1, 0.15) is 50.2 Å². The van der Waals surface area contributed by atoms with Crippen molar-refractivity contribution < 1.29 is 13.2 Å². The van der Waals surface area contributed by atoms with Crippen LogP contribution in [0.5, 0.6) is 0 Å². The van der Waals surface area contributed by atoms with Gasteiger partial charge in [0.2, 0.25) is 15.9 Å². The standard InChI is InChI=1S/C19H28N2O3S/c1-14(2)17-8-7-15(3)18(13-17)25(23,24)21-11-9-20(10-12-21)19(22)16-5-4-6-16/h7-8,13-14,16H,4-6,9-12H2,1-3H3. The highest BCUT2D eigenvalue weighted by molar-refractivity contribution is 7.89. The maximum atomic E-state index is 13.1. The molecule has 1 saturated carbocycles. The van der Waals surface area contributed by atoms with Crippen LogP contribution < -0.4 is 0 Å². The minimum atomic E-state index is -3.51. The van der Waals surface area contributed by atoms with E-state index in [1.54, 1.807) is 6.07 Å². The van der Waals surface area contributed by atoms with E-state index >= 15 is 0 Å². The van der Waals surface area contributed by atoms with Gasteiger partial charge in [0.05, 0.1) is 4.90 Å². The molecule has 138 valence electrons. The van der Waals surface area contributed by atoms with E-state index < -0.39 is 10.0 Å². The molecule has 0 aromatic heterocycles. The van der Waals surface area contributed by atoms with E-state index in [4.69, 9.17) is 0 Å². The van der Waals surface area contributed by atoms with Gasteiger partial charge in [-0.2, -0.15) is 4.31 Å². The average Bonchev–Trinajstić information content (AvgIpc) is 2.53. The van der Waals surface area contributed by atoms with Crippen molar-refractivity contribution in [1.82, 2.24) is 9.21 Å². The molecular formula is C19H28N2O3S. The molecule has 1 heterocycles. The number of nitrogens with zero attached hydrogens (tertiary/aromatic N) is 2. The van der Waals surface area contributed by atoms with E-state index in [1.807, 2.05) is 24.0 Å². The van der Waals surface area contributed by atoms with Crippen molar-refractivity contribution in [2.75, 3.05) is 26.2 Å². The second kappa shape index (κ2) is 7.08. The number of carbonyl (C=O) groups is 1. The fourth-order valence-corrected chi connectivity index (χ4v) is 5.14. The maximum absolute atomic E-state index is 13.1. The predicted molar refractivity (Wildman–Crippen MR) is 97.9 cm³/mol. The van der Waals surface area contributed by atoms with Crippen LogP contribution in [0.2, 0.25) is 0 Å².